The van der Waals surface area contributed by atoms with Crippen molar-refractivity contribution in [3.8, 4) is 0 Å². The molecule has 3 atom stereocenters. The molecule has 2 fully saturated rings. The molecule has 0 bridgehead atoms. The molecule has 1 aliphatic heterocycles. The monoisotopic (exact) mass is 224 g/mol. The zero-order valence-corrected chi connectivity index (χ0v) is 11.3. The maximum Gasteiger partial charge on any atom is 0.0118 e. The molecule has 0 aromatic rings. The van der Waals surface area contributed by atoms with Gasteiger partial charge < -0.3 is 10.2 Å². The van der Waals surface area contributed by atoms with Gasteiger partial charge >= 0.3 is 0 Å². The third kappa shape index (κ3) is 2.78. The Morgan fingerprint density at radius 2 is 2.06 bits per heavy atom. The Morgan fingerprint density at radius 1 is 1.31 bits per heavy atom. The maximum absolute atomic E-state index is 3.51. The number of nitrogens with zero attached hydrogens (tertiary/aromatic N) is 1. The lowest BCUT2D eigenvalue weighted by atomic mass is 9.83. The summed E-state index contributed by atoms with van der Waals surface area (Å²) in [6.45, 7) is 8.57. The first-order chi connectivity index (χ1) is 7.61. The van der Waals surface area contributed by atoms with Crippen molar-refractivity contribution in [3.05, 3.63) is 0 Å². The van der Waals surface area contributed by atoms with Gasteiger partial charge in [-0.25, -0.2) is 0 Å². The van der Waals surface area contributed by atoms with E-state index in [-0.39, 0.29) is 0 Å². The Bertz CT molecular complexity index is 221. The Hall–Kier alpha value is -0.0800. The molecular weight excluding hydrogens is 196 g/mol. The lowest BCUT2D eigenvalue weighted by molar-refractivity contribution is 0.0976. The molecule has 0 aromatic heterocycles. The van der Waals surface area contributed by atoms with Crippen molar-refractivity contribution in [2.75, 3.05) is 26.7 Å². The lowest BCUT2D eigenvalue weighted by Crippen LogP contribution is -2.44. The van der Waals surface area contributed by atoms with Gasteiger partial charge in [-0.15, -0.1) is 0 Å². The normalized spacial score (nSPS) is 40.5. The van der Waals surface area contributed by atoms with E-state index >= 15 is 0 Å². The molecule has 2 heteroatoms. The molecular formula is C14H28N2. The molecule has 0 spiro atoms. The van der Waals surface area contributed by atoms with Crippen LogP contribution in [0.15, 0.2) is 0 Å². The standard InChI is InChI=1S/C14H28N2/c1-12-6-4-5-7-13(12)16(3)11-14(2)8-9-15-10-14/h12-13,15H,4-11H2,1-3H3. The third-order valence-corrected chi connectivity index (χ3v) is 4.72. The second-order valence-electron chi connectivity index (χ2n) is 6.48. The minimum absolute atomic E-state index is 0.520. The second kappa shape index (κ2) is 5.05. The van der Waals surface area contributed by atoms with E-state index in [1.54, 1.807) is 0 Å². The highest BCUT2D eigenvalue weighted by Crippen LogP contribution is 2.31. The van der Waals surface area contributed by atoms with E-state index in [0.29, 0.717) is 5.41 Å². The van der Waals surface area contributed by atoms with Crippen LogP contribution in [0.5, 0.6) is 0 Å². The maximum atomic E-state index is 3.51. The van der Waals surface area contributed by atoms with Crippen LogP contribution in [0.1, 0.15) is 46.0 Å². The highest BCUT2D eigenvalue weighted by molar-refractivity contribution is 4.89. The van der Waals surface area contributed by atoms with Crippen molar-refractivity contribution < 1.29 is 0 Å². The van der Waals surface area contributed by atoms with E-state index in [1.165, 1.54) is 51.7 Å². The summed E-state index contributed by atoms with van der Waals surface area (Å²) in [6.07, 6.45) is 7.09. The van der Waals surface area contributed by atoms with Gasteiger partial charge in [-0.1, -0.05) is 26.7 Å². The predicted octanol–water partition coefficient (Wildman–Crippen LogP) is 2.50. The molecule has 0 amide bonds. The van der Waals surface area contributed by atoms with Crippen molar-refractivity contribution in [1.82, 2.24) is 10.2 Å². The molecule has 0 aromatic carbocycles. The summed E-state index contributed by atoms with van der Waals surface area (Å²) in [5.41, 5.74) is 0.520. The summed E-state index contributed by atoms with van der Waals surface area (Å²) in [6, 6.07) is 0.839. The summed E-state index contributed by atoms with van der Waals surface area (Å²) in [4.78, 5) is 2.65. The number of hydrogen-bond donors (Lipinski definition) is 1. The number of rotatable bonds is 3. The fourth-order valence-electron chi connectivity index (χ4n) is 3.67. The molecule has 2 nitrogen and oxygen atoms in total. The van der Waals surface area contributed by atoms with Crippen LogP contribution in [0, 0.1) is 11.3 Å². The first-order valence-electron chi connectivity index (χ1n) is 7.02. The molecule has 1 heterocycles. The molecule has 1 saturated heterocycles. The van der Waals surface area contributed by atoms with Gasteiger partial charge in [0.05, 0.1) is 0 Å². The first-order valence-corrected chi connectivity index (χ1v) is 7.02. The Balaban J connectivity index is 1.88. The van der Waals surface area contributed by atoms with Crippen LogP contribution < -0.4 is 5.32 Å². The predicted molar refractivity (Wildman–Crippen MR) is 69.6 cm³/mol. The Kier molecular flexibility index (Phi) is 3.91. The average molecular weight is 224 g/mol. The third-order valence-electron chi connectivity index (χ3n) is 4.72. The van der Waals surface area contributed by atoms with Gasteiger partial charge in [0.15, 0.2) is 0 Å². The van der Waals surface area contributed by atoms with Gasteiger partial charge in [0, 0.05) is 19.1 Å². The molecule has 3 unspecified atom stereocenters. The lowest BCUT2D eigenvalue weighted by Gasteiger charge is -2.40. The fraction of sp³-hybridized carbons (Fsp3) is 1.00. The van der Waals surface area contributed by atoms with Gasteiger partial charge in [0.1, 0.15) is 0 Å². The van der Waals surface area contributed by atoms with Gasteiger partial charge in [-0.2, -0.15) is 0 Å². The van der Waals surface area contributed by atoms with Crippen LogP contribution in [-0.4, -0.2) is 37.6 Å². The smallest absolute Gasteiger partial charge is 0.0118 e. The van der Waals surface area contributed by atoms with Crippen molar-refractivity contribution in [2.24, 2.45) is 11.3 Å². The highest BCUT2D eigenvalue weighted by Gasteiger charge is 2.33. The average Bonchev–Trinajstić information content (AvgIpc) is 2.65. The van der Waals surface area contributed by atoms with Gasteiger partial charge in [0.2, 0.25) is 0 Å². The van der Waals surface area contributed by atoms with E-state index in [9.17, 15) is 0 Å². The summed E-state index contributed by atoms with van der Waals surface area (Å²) in [7, 11) is 2.34. The van der Waals surface area contributed by atoms with Gasteiger partial charge in [-0.3, -0.25) is 0 Å². The fourth-order valence-corrected chi connectivity index (χ4v) is 3.67. The molecule has 1 aliphatic carbocycles. The minimum atomic E-state index is 0.520. The van der Waals surface area contributed by atoms with Crippen molar-refractivity contribution in [2.45, 2.75) is 52.0 Å². The van der Waals surface area contributed by atoms with Crippen LogP contribution in [0.3, 0.4) is 0 Å². The minimum Gasteiger partial charge on any atom is -0.316 e. The zero-order valence-electron chi connectivity index (χ0n) is 11.3. The molecule has 2 aliphatic rings. The summed E-state index contributed by atoms with van der Waals surface area (Å²) in [5, 5.41) is 3.51. The molecule has 1 N–H and O–H groups in total. The molecule has 94 valence electrons. The van der Waals surface area contributed by atoms with Crippen molar-refractivity contribution in [3.63, 3.8) is 0 Å². The van der Waals surface area contributed by atoms with E-state index in [2.05, 4.69) is 31.1 Å². The largest absolute Gasteiger partial charge is 0.316 e. The molecule has 2 rings (SSSR count). The SMILES string of the molecule is CC1CCCCC1N(C)CC1(C)CCNC1. The summed E-state index contributed by atoms with van der Waals surface area (Å²) < 4.78 is 0. The van der Waals surface area contributed by atoms with Crippen molar-refractivity contribution in [1.29, 1.82) is 0 Å². The van der Waals surface area contributed by atoms with E-state index < -0.39 is 0 Å². The van der Waals surface area contributed by atoms with Crippen LogP contribution in [-0.2, 0) is 0 Å². The topological polar surface area (TPSA) is 15.3 Å². The Morgan fingerprint density at radius 3 is 2.69 bits per heavy atom. The van der Waals surface area contributed by atoms with Crippen molar-refractivity contribution >= 4 is 0 Å². The van der Waals surface area contributed by atoms with E-state index in [0.717, 1.165) is 12.0 Å². The van der Waals surface area contributed by atoms with Crippen LogP contribution >= 0.6 is 0 Å². The zero-order chi connectivity index (χ0) is 11.6. The van der Waals surface area contributed by atoms with Gasteiger partial charge in [0.25, 0.3) is 0 Å². The van der Waals surface area contributed by atoms with E-state index in [1.807, 2.05) is 0 Å². The van der Waals surface area contributed by atoms with Crippen LogP contribution in [0.2, 0.25) is 0 Å². The number of hydrogen-bond acceptors (Lipinski definition) is 2. The summed E-state index contributed by atoms with van der Waals surface area (Å²) >= 11 is 0. The second-order valence-corrected chi connectivity index (χ2v) is 6.48. The summed E-state index contributed by atoms with van der Waals surface area (Å²) in [5.74, 6) is 0.900. The highest BCUT2D eigenvalue weighted by atomic mass is 15.1. The van der Waals surface area contributed by atoms with E-state index in [4.69, 9.17) is 0 Å². The van der Waals surface area contributed by atoms with Crippen LogP contribution in [0.4, 0.5) is 0 Å². The first kappa shape index (κ1) is 12.4. The van der Waals surface area contributed by atoms with Gasteiger partial charge in [-0.05, 0) is 44.2 Å². The molecule has 1 saturated carbocycles. The Labute approximate surface area is 101 Å². The van der Waals surface area contributed by atoms with Crippen LogP contribution in [0.25, 0.3) is 0 Å². The molecule has 16 heavy (non-hydrogen) atoms. The molecule has 0 radical (unpaired) electrons. The quantitative estimate of drug-likeness (QED) is 0.792. The number of nitrogens with one attached hydrogen (secondary N) is 1.